The second-order valence-corrected chi connectivity index (χ2v) is 6.17. The molecule has 0 saturated heterocycles. The second kappa shape index (κ2) is 8.26. The number of carbonyl (C=O) groups excluding carboxylic acids is 3. The summed E-state index contributed by atoms with van der Waals surface area (Å²) in [6, 6.07) is 11.1. The molecule has 0 fully saturated rings. The number of primary amides is 1. The Hall–Kier alpha value is -2.67. The van der Waals surface area contributed by atoms with Gasteiger partial charge in [0.05, 0.1) is 12.0 Å². The Morgan fingerprint density at radius 3 is 2.58 bits per heavy atom. The minimum atomic E-state index is -0.625. The summed E-state index contributed by atoms with van der Waals surface area (Å²) in [4.78, 5) is 34.8. The van der Waals surface area contributed by atoms with E-state index in [1.165, 1.54) is 17.4 Å². The van der Waals surface area contributed by atoms with Gasteiger partial charge in [-0.1, -0.05) is 37.3 Å². The van der Waals surface area contributed by atoms with Crippen LogP contribution in [-0.2, 0) is 14.3 Å². The topological polar surface area (TPSA) is 98.5 Å². The van der Waals surface area contributed by atoms with Crippen molar-refractivity contribution in [2.75, 3.05) is 11.9 Å². The summed E-state index contributed by atoms with van der Waals surface area (Å²) in [5, 5.41) is 4.50. The van der Waals surface area contributed by atoms with E-state index in [9.17, 15) is 14.4 Å². The highest BCUT2D eigenvalue weighted by atomic mass is 32.1. The Kier molecular flexibility index (Phi) is 6.08. The Balaban J connectivity index is 1.80. The molecule has 3 N–H and O–H groups in total. The number of ether oxygens (including phenoxy) is 1. The van der Waals surface area contributed by atoms with E-state index in [0.29, 0.717) is 5.00 Å². The quantitative estimate of drug-likeness (QED) is 0.753. The average molecular weight is 346 g/mol. The highest BCUT2D eigenvalue weighted by Gasteiger charge is 2.16. The van der Waals surface area contributed by atoms with Gasteiger partial charge in [-0.2, -0.15) is 0 Å². The average Bonchev–Trinajstić information content (AvgIpc) is 3.02. The summed E-state index contributed by atoms with van der Waals surface area (Å²) in [7, 11) is 0. The van der Waals surface area contributed by atoms with Crippen LogP contribution in [0.1, 0.15) is 35.2 Å². The first-order valence-corrected chi connectivity index (χ1v) is 8.23. The van der Waals surface area contributed by atoms with Crippen LogP contribution in [0.4, 0.5) is 5.00 Å². The van der Waals surface area contributed by atoms with Crippen LogP contribution in [0.5, 0.6) is 0 Å². The Morgan fingerprint density at radius 1 is 1.21 bits per heavy atom. The molecule has 0 aliphatic rings. The number of amides is 2. The summed E-state index contributed by atoms with van der Waals surface area (Å²) < 4.78 is 4.98. The van der Waals surface area contributed by atoms with Gasteiger partial charge in [0.25, 0.3) is 11.8 Å². The van der Waals surface area contributed by atoms with Gasteiger partial charge in [-0.15, -0.1) is 11.3 Å². The first kappa shape index (κ1) is 17.7. The lowest BCUT2D eigenvalue weighted by molar-refractivity contribution is -0.147. The summed E-state index contributed by atoms with van der Waals surface area (Å²) in [6.07, 6.45) is 0.183. The Bertz CT molecular complexity index is 727. The van der Waals surface area contributed by atoms with E-state index < -0.39 is 24.4 Å². The predicted octanol–water partition coefficient (Wildman–Crippen LogP) is 2.52. The van der Waals surface area contributed by atoms with E-state index >= 15 is 0 Å². The number of carbonyl (C=O) groups is 3. The summed E-state index contributed by atoms with van der Waals surface area (Å²) in [5.41, 5.74) is 6.46. The molecule has 0 radical (unpaired) electrons. The van der Waals surface area contributed by atoms with E-state index in [-0.39, 0.29) is 17.9 Å². The van der Waals surface area contributed by atoms with Crippen molar-refractivity contribution in [1.82, 2.24) is 0 Å². The zero-order valence-electron chi connectivity index (χ0n) is 13.2. The van der Waals surface area contributed by atoms with Gasteiger partial charge in [-0.3, -0.25) is 14.4 Å². The number of esters is 1. The molecule has 7 heteroatoms. The number of hydrogen-bond acceptors (Lipinski definition) is 5. The molecule has 0 spiro atoms. The molecule has 0 unspecified atom stereocenters. The highest BCUT2D eigenvalue weighted by Crippen LogP contribution is 2.22. The van der Waals surface area contributed by atoms with Crippen molar-refractivity contribution < 1.29 is 19.1 Å². The number of thiophene rings is 1. The molecule has 0 aliphatic carbocycles. The fourth-order valence-corrected chi connectivity index (χ4v) is 2.93. The maximum Gasteiger partial charge on any atom is 0.306 e. The molecule has 2 aromatic rings. The van der Waals surface area contributed by atoms with E-state index in [2.05, 4.69) is 5.32 Å². The molecule has 0 bridgehead atoms. The van der Waals surface area contributed by atoms with E-state index in [1.54, 1.807) is 5.38 Å². The molecule has 126 valence electrons. The van der Waals surface area contributed by atoms with Crippen molar-refractivity contribution >= 4 is 34.1 Å². The van der Waals surface area contributed by atoms with Gasteiger partial charge in [-0.05, 0) is 22.9 Å². The minimum Gasteiger partial charge on any atom is -0.456 e. The Morgan fingerprint density at radius 2 is 1.92 bits per heavy atom. The van der Waals surface area contributed by atoms with Gasteiger partial charge in [0.15, 0.2) is 6.61 Å². The van der Waals surface area contributed by atoms with Gasteiger partial charge >= 0.3 is 5.97 Å². The smallest absolute Gasteiger partial charge is 0.306 e. The van der Waals surface area contributed by atoms with Gasteiger partial charge in [0, 0.05) is 0 Å². The number of hydrogen-bond donors (Lipinski definition) is 2. The van der Waals surface area contributed by atoms with Crippen molar-refractivity contribution in [3.63, 3.8) is 0 Å². The molecule has 1 atom stereocenters. The molecule has 1 aromatic carbocycles. The third kappa shape index (κ3) is 4.92. The van der Waals surface area contributed by atoms with Crippen LogP contribution >= 0.6 is 11.3 Å². The van der Waals surface area contributed by atoms with Crippen molar-refractivity contribution in [2.24, 2.45) is 5.73 Å². The van der Waals surface area contributed by atoms with Crippen molar-refractivity contribution in [1.29, 1.82) is 0 Å². The fourth-order valence-electron chi connectivity index (χ4n) is 2.12. The summed E-state index contributed by atoms with van der Waals surface area (Å²) in [5.74, 6) is -1.59. The van der Waals surface area contributed by atoms with Crippen LogP contribution in [0.15, 0.2) is 41.8 Å². The highest BCUT2D eigenvalue weighted by molar-refractivity contribution is 7.14. The third-order valence-corrected chi connectivity index (χ3v) is 4.22. The lowest BCUT2D eigenvalue weighted by Crippen LogP contribution is -2.22. The lowest BCUT2D eigenvalue weighted by atomic mass is 9.98. The number of anilines is 1. The first-order chi connectivity index (χ1) is 11.5. The van der Waals surface area contributed by atoms with Crippen molar-refractivity contribution in [2.45, 2.75) is 19.3 Å². The van der Waals surface area contributed by atoms with Gasteiger partial charge in [0.2, 0.25) is 0 Å². The molecule has 0 saturated carbocycles. The third-order valence-electron chi connectivity index (χ3n) is 3.39. The van der Waals surface area contributed by atoms with Crippen molar-refractivity contribution in [3.8, 4) is 0 Å². The van der Waals surface area contributed by atoms with Gasteiger partial charge in [0.1, 0.15) is 5.00 Å². The van der Waals surface area contributed by atoms with Gasteiger partial charge < -0.3 is 15.8 Å². The van der Waals surface area contributed by atoms with Crippen LogP contribution in [0, 0.1) is 0 Å². The van der Waals surface area contributed by atoms with Crippen molar-refractivity contribution in [3.05, 3.63) is 52.9 Å². The second-order valence-electron chi connectivity index (χ2n) is 5.25. The molecule has 1 heterocycles. The predicted molar refractivity (Wildman–Crippen MR) is 91.9 cm³/mol. The molecule has 6 nitrogen and oxygen atoms in total. The van der Waals surface area contributed by atoms with Crippen LogP contribution in [0.2, 0.25) is 0 Å². The molecule has 2 rings (SSSR count). The lowest BCUT2D eigenvalue weighted by Gasteiger charge is -2.11. The largest absolute Gasteiger partial charge is 0.456 e. The maximum atomic E-state index is 11.8. The minimum absolute atomic E-state index is 0.000483. The summed E-state index contributed by atoms with van der Waals surface area (Å²) >= 11 is 1.18. The number of nitrogens with two attached hydrogens (primary N) is 1. The molecule has 2 amide bonds. The standard InChI is InChI=1S/C17H18N2O4S/c1-11(12-5-3-2-4-6-12)9-15(21)23-10-14(20)19-17-13(16(18)22)7-8-24-17/h2-8,11H,9-10H2,1H3,(H2,18,22)(H,19,20)/t11-/m0/s1. The number of rotatable bonds is 7. The molecule has 24 heavy (non-hydrogen) atoms. The fraction of sp³-hybridized carbons (Fsp3) is 0.235. The zero-order chi connectivity index (χ0) is 17.5. The van der Waals surface area contributed by atoms with E-state index in [1.807, 2.05) is 37.3 Å². The van der Waals surface area contributed by atoms with E-state index in [4.69, 9.17) is 10.5 Å². The summed E-state index contributed by atoms with van der Waals surface area (Å²) in [6.45, 7) is 1.51. The van der Waals surface area contributed by atoms with Crippen LogP contribution < -0.4 is 11.1 Å². The molecule has 1 aromatic heterocycles. The SMILES string of the molecule is C[C@@H](CC(=O)OCC(=O)Nc1sccc1C(N)=O)c1ccccc1. The molecular weight excluding hydrogens is 328 g/mol. The normalized spacial score (nSPS) is 11.5. The number of nitrogens with one attached hydrogen (secondary N) is 1. The molecular formula is C17H18N2O4S. The van der Waals surface area contributed by atoms with Crippen LogP contribution in [0.25, 0.3) is 0 Å². The van der Waals surface area contributed by atoms with Crippen LogP contribution in [-0.4, -0.2) is 24.4 Å². The zero-order valence-corrected chi connectivity index (χ0v) is 14.0. The van der Waals surface area contributed by atoms with Crippen LogP contribution in [0.3, 0.4) is 0 Å². The number of benzene rings is 1. The maximum absolute atomic E-state index is 11.8. The monoisotopic (exact) mass is 346 g/mol. The first-order valence-electron chi connectivity index (χ1n) is 7.35. The molecule has 0 aliphatic heterocycles. The van der Waals surface area contributed by atoms with Gasteiger partial charge in [-0.25, -0.2) is 0 Å². The Labute approximate surface area is 143 Å². The van der Waals surface area contributed by atoms with E-state index in [0.717, 1.165) is 5.56 Å².